The third-order valence-electron chi connectivity index (χ3n) is 5.12. The van der Waals surface area contributed by atoms with Gasteiger partial charge in [-0.05, 0) is 60.5 Å². The lowest BCUT2D eigenvalue weighted by Crippen LogP contribution is -2.38. The molecule has 0 aliphatic carbocycles. The number of carbonyl (C=O) groups is 1. The summed E-state index contributed by atoms with van der Waals surface area (Å²) in [6, 6.07) is 7.56. The van der Waals surface area contributed by atoms with E-state index in [9.17, 15) is 13.2 Å². The maximum atomic E-state index is 13.0. The van der Waals surface area contributed by atoms with Crippen LogP contribution in [0.5, 0.6) is 0 Å². The van der Waals surface area contributed by atoms with Crippen LogP contribution in [0.1, 0.15) is 39.3 Å². The molecule has 7 heteroatoms. The van der Waals surface area contributed by atoms with Gasteiger partial charge in [0, 0.05) is 23.5 Å². The van der Waals surface area contributed by atoms with Gasteiger partial charge in [-0.1, -0.05) is 0 Å². The Kier molecular flexibility index (Phi) is 3.88. The van der Waals surface area contributed by atoms with Crippen LogP contribution in [0.4, 0.5) is 5.69 Å². The van der Waals surface area contributed by atoms with E-state index < -0.39 is 10.0 Å². The minimum Gasteiger partial charge on any atom is -0.331 e. The molecule has 0 saturated carbocycles. The van der Waals surface area contributed by atoms with Crippen molar-refractivity contribution in [2.45, 2.75) is 25.8 Å². The number of benzene rings is 1. The third-order valence-corrected chi connectivity index (χ3v) is 7.29. The number of hydrogen-bond acceptors (Lipinski definition) is 4. The molecule has 2 aromatic rings. The lowest BCUT2D eigenvalue weighted by molar-refractivity contribution is 0.0679. The molecular formula is C18H20N2O3S2. The highest BCUT2D eigenvalue weighted by molar-refractivity contribution is 7.92. The zero-order valence-electron chi connectivity index (χ0n) is 14.2. The highest BCUT2D eigenvalue weighted by Crippen LogP contribution is 2.35. The lowest BCUT2D eigenvalue weighted by Gasteiger charge is -2.33. The van der Waals surface area contributed by atoms with Gasteiger partial charge in [0.15, 0.2) is 0 Å². The van der Waals surface area contributed by atoms with Crippen molar-refractivity contribution < 1.29 is 13.2 Å². The first-order valence-corrected chi connectivity index (χ1v) is 11.1. The van der Waals surface area contributed by atoms with Crippen molar-refractivity contribution in [2.24, 2.45) is 0 Å². The number of rotatable bonds is 2. The quantitative estimate of drug-likeness (QED) is 0.810. The summed E-state index contributed by atoms with van der Waals surface area (Å²) < 4.78 is 25.1. The maximum Gasteiger partial charge on any atom is 0.254 e. The van der Waals surface area contributed by atoms with Gasteiger partial charge in [-0.2, -0.15) is 0 Å². The van der Waals surface area contributed by atoms with Crippen LogP contribution < -0.4 is 4.31 Å². The standard InChI is InChI=1S/C18H20N2O3S2/c1-12-15-7-10-24-17(15)6-8-19(12)18(21)14-3-4-16-13(11-14)5-9-20(16)25(2,22)23/h3-4,7,10-12H,5-6,8-9H2,1-2H3. The van der Waals surface area contributed by atoms with Gasteiger partial charge in [-0.15, -0.1) is 11.3 Å². The minimum atomic E-state index is -3.27. The molecule has 0 spiro atoms. The van der Waals surface area contributed by atoms with Crippen molar-refractivity contribution in [3.05, 3.63) is 51.2 Å². The largest absolute Gasteiger partial charge is 0.331 e. The first-order chi connectivity index (χ1) is 11.9. The van der Waals surface area contributed by atoms with Crippen LogP contribution in [0.15, 0.2) is 29.6 Å². The maximum absolute atomic E-state index is 13.0. The molecular weight excluding hydrogens is 356 g/mol. The van der Waals surface area contributed by atoms with Gasteiger partial charge in [-0.25, -0.2) is 8.42 Å². The van der Waals surface area contributed by atoms with Gasteiger partial charge >= 0.3 is 0 Å². The van der Waals surface area contributed by atoms with Crippen LogP contribution in [0, 0.1) is 0 Å². The summed E-state index contributed by atoms with van der Waals surface area (Å²) in [4.78, 5) is 16.3. The lowest BCUT2D eigenvalue weighted by atomic mass is 9.99. The number of fused-ring (bicyclic) bond motifs is 2. The second-order valence-electron chi connectivity index (χ2n) is 6.65. The number of sulfonamides is 1. The predicted molar refractivity (Wildman–Crippen MR) is 99.8 cm³/mol. The van der Waals surface area contributed by atoms with Crippen molar-refractivity contribution in [3.8, 4) is 0 Å². The van der Waals surface area contributed by atoms with Crippen molar-refractivity contribution in [2.75, 3.05) is 23.7 Å². The van der Waals surface area contributed by atoms with Crippen molar-refractivity contribution in [1.82, 2.24) is 4.90 Å². The van der Waals surface area contributed by atoms with Crippen LogP contribution in [-0.4, -0.2) is 38.6 Å². The van der Waals surface area contributed by atoms with E-state index in [-0.39, 0.29) is 11.9 Å². The fourth-order valence-electron chi connectivity index (χ4n) is 3.80. The van der Waals surface area contributed by atoms with E-state index in [1.807, 2.05) is 11.0 Å². The average Bonchev–Trinajstić information content (AvgIpc) is 3.20. The van der Waals surface area contributed by atoms with Gasteiger partial charge in [0.2, 0.25) is 10.0 Å². The third kappa shape index (κ3) is 2.75. The Morgan fingerprint density at radius 2 is 2.00 bits per heavy atom. The second kappa shape index (κ2) is 5.85. The minimum absolute atomic E-state index is 0.0185. The molecule has 1 amide bonds. The Balaban J connectivity index is 1.63. The van der Waals surface area contributed by atoms with Gasteiger partial charge in [0.05, 0.1) is 18.0 Å². The van der Waals surface area contributed by atoms with Crippen LogP contribution in [0.25, 0.3) is 0 Å². The molecule has 0 saturated heterocycles. The van der Waals surface area contributed by atoms with E-state index >= 15 is 0 Å². The van der Waals surface area contributed by atoms with Crippen LogP contribution in [-0.2, 0) is 22.9 Å². The molecule has 1 aromatic carbocycles. The van der Waals surface area contributed by atoms with Gasteiger partial charge in [-0.3, -0.25) is 9.10 Å². The summed E-state index contributed by atoms with van der Waals surface area (Å²) in [6.45, 7) is 3.24. The molecule has 2 aliphatic rings. The molecule has 1 unspecified atom stereocenters. The summed E-state index contributed by atoms with van der Waals surface area (Å²) in [5, 5.41) is 2.09. The Bertz CT molecular complexity index is 949. The van der Waals surface area contributed by atoms with E-state index in [1.165, 1.54) is 21.0 Å². The van der Waals surface area contributed by atoms with Gasteiger partial charge < -0.3 is 4.90 Å². The molecule has 1 aromatic heterocycles. The number of amides is 1. The molecule has 1 atom stereocenters. The number of anilines is 1. The van der Waals surface area contributed by atoms with E-state index in [4.69, 9.17) is 0 Å². The van der Waals surface area contributed by atoms with E-state index in [0.717, 1.165) is 18.5 Å². The van der Waals surface area contributed by atoms with Crippen LogP contribution >= 0.6 is 11.3 Å². The predicted octanol–water partition coefficient (Wildman–Crippen LogP) is 2.83. The topological polar surface area (TPSA) is 57.7 Å². The number of carbonyl (C=O) groups excluding carboxylic acids is 1. The monoisotopic (exact) mass is 376 g/mol. The normalized spacial score (nSPS) is 19.7. The molecule has 5 nitrogen and oxygen atoms in total. The molecule has 0 radical (unpaired) electrons. The van der Waals surface area contributed by atoms with Crippen LogP contribution in [0.3, 0.4) is 0 Å². The average molecular weight is 377 g/mol. The smallest absolute Gasteiger partial charge is 0.254 e. The molecule has 25 heavy (non-hydrogen) atoms. The molecule has 0 bridgehead atoms. The Morgan fingerprint density at radius 1 is 1.20 bits per heavy atom. The summed E-state index contributed by atoms with van der Waals surface area (Å²) in [5.41, 5.74) is 3.51. The summed E-state index contributed by atoms with van der Waals surface area (Å²) in [7, 11) is -3.27. The molecule has 0 fully saturated rings. The summed E-state index contributed by atoms with van der Waals surface area (Å²) in [5.74, 6) is 0.0185. The van der Waals surface area contributed by atoms with E-state index in [1.54, 1.807) is 23.5 Å². The highest BCUT2D eigenvalue weighted by Gasteiger charge is 2.31. The Hall–Kier alpha value is -1.86. The summed E-state index contributed by atoms with van der Waals surface area (Å²) >= 11 is 1.76. The highest BCUT2D eigenvalue weighted by atomic mass is 32.2. The number of thiophene rings is 1. The van der Waals surface area contributed by atoms with E-state index in [0.29, 0.717) is 24.2 Å². The molecule has 4 rings (SSSR count). The fourth-order valence-corrected chi connectivity index (χ4v) is 5.72. The molecule has 2 aliphatic heterocycles. The SMILES string of the molecule is CC1c2ccsc2CCN1C(=O)c1ccc2c(c1)CCN2S(C)(=O)=O. The van der Waals surface area contributed by atoms with Crippen LogP contribution in [0.2, 0.25) is 0 Å². The van der Waals surface area contributed by atoms with Gasteiger partial charge in [0.25, 0.3) is 5.91 Å². The molecule has 0 N–H and O–H groups in total. The second-order valence-corrected chi connectivity index (χ2v) is 9.56. The van der Waals surface area contributed by atoms with Crippen molar-refractivity contribution in [3.63, 3.8) is 0 Å². The Morgan fingerprint density at radius 3 is 2.76 bits per heavy atom. The van der Waals surface area contributed by atoms with Crippen molar-refractivity contribution >= 4 is 33.0 Å². The van der Waals surface area contributed by atoms with Crippen molar-refractivity contribution in [1.29, 1.82) is 0 Å². The first-order valence-electron chi connectivity index (χ1n) is 8.34. The number of hydrogen-bond donors (Lipinski definition) is 0. The molecule has 132 valence electrons. The zero-order valence-corrected chi connectivity index (χ0v) is 15.9. The van der Waals surface area contributed by atoms with E-state index in [2.05, 4.69) is 18.4 Å². The zero-order chi connectivity index (χ0) is 17.8. The number of nitrogens with zero attached hydrogens (tertiary/aromatic N) is 2. The first kappa shape index (κ1) is 16.6. The van der Waals surface area contributed by atoms with Gasteiger partial charge in [0.1, 0.15) is 0 Å². The Labute approximate surface area is 151 Å². The molecule has 3 heterocycles. The summed E-state index contributed by atoms with van der Waals surface area (Å²) in [6.07, 6.45) is 2.76. The fraction of sp³-hybridized carbons (Fsp3) is 0.389.